The quantitative estimate of drug-likeness (QED) is 0.523. The number of rotatable bonds is 4. The van der Waals surface area contributed by atoms with E-state index in [1.807, 2.05) is 41.7 Å². The van der Waals surface area contributed by atoms with Crippen LogP contribution in [0.25, 0.3) is 10.9 Å². The molecule has 0 bridgehead atoms. The Hall–Kier alpha value is -2.54. The highest BCUT2D eigenvalue weighted by molar-refractivity contribution is 7.10. The van der Waals surface area contributed by atoms with E-state index in [4.69, 9.17) is 0 Å². The van der Waals surface area contributed by atoms with Gasteiger partial charge < -0.3 is 5.32 Å². The van der Waals surface area contributed by atoms with Gasteiger partial charge in [0, 0.05) is 27.9 Å². The second kappa shape index (κ2) is 7.47. The van der Waals surface area contributed by atoms with Crippen molar-refractivity contribution in [3.63, 3.8) is 0 Å². The molecule has 0 saturated heterocycles. The summed E-state index contributed by atoms with van der Waals surface area (Å²) in [5, 5.41) is 8.34. The van der Waals surface area contributed by atoms with E-state index in [0.29, 0.717) is 6.54 Å². The predicted octanol–water partition coefficient (Wildman–Crippen LogP) is 4.94. The Kier molecular flexibility index (Phi) is 4.68. The largest absolute Gasteiger partial charge is 0.324 e. The number of amides is 1. The molecule has 6 heteroatoms. The molecule has 1 aromatic carbocycles. The molecule has 1 amide bonds. The van der Waals surface area contributed by atoms with Gasteiger partial charge in [0.25, 0.3) is 0 Å². The zero-order valence-electron chi connectivity index (χ0n) is 15.2. The number of hydrogen-bond donors (Lipinski definition) is 1. The standard InChI is InChI=1S/C22H19N3OS2/c26-21(24-18-6-1-5-17-15(18)4-2-10-23-17)14-25-11-8-19-16(9-13-28-19)22(25)20-7-3-12-27-20/h1-7,9-10,12-13,22H,8,11,14H2,(H,24,26). The molecule has 4 nitrogen and oxygen atoms in total. The first-order valence-corrected chi connectivity index (χ1v) is 11.0. The number of aromatic nitrogens is 1. The second-order valence-corrected chi connectivity index (χ2v) is 8.84. The molecule has 4 aromatic rings. The van der Waals surface area contributed by atoms with E-state index in [2.05, 4.69) is 44.2 Å². The van der Waals surface area contributed by atoms with Gasteiger partial charge in [-0.1, -0.05) is 12.1 Å². The van der Waals surface area contributed by atoms with Crippen molar-refractivity contribution in [1.82, 2.24) is 9.88 Å². The molecule has 28 heavy (non-hydrogen) atoms. The van der Waals surface area contributed by atoms with Crippen LogP contribution in [-0.4, -0.2) is 28.9 Å². The summed E-state index contributed by atoms with van der Waals surface area (Å²) in [5.74, 6) is 0.0107. The Balaban J connectivity index is 1.39. The van der Waals surface area contributed by atoms with E-state index >= 15 is 0 Å². The summed E-state index contributed by atoms with van der Waals surface area (Å²) in [4.78, 5) is 22.3. The number of fused-ring (bicyclic) bond motifs is 2. The van der Waals surface area contributed by atoms with Crippen LogP contribution < -0.4 is 5.32 Å². The third-order valence-corrected chi connectivity index (χ3v) is 7.07. The summed E-state index contributed by atoms with van der Waals surface area (Å²) in [5.41, 5.74) is 3.05. The lowest BCUT2D eigenvalue weighted by atomic mass is 9.98. The number of anilines is 1. The summed E-state index contributed by atoms with van der Waals surface area (Å²) in [6, 6.07) is 16.3. The highest BCUT2D eigenvalue weighted by Crippen LogP contribution is 2.39. The molecular weight excluding hydrogens is 386 g/mol. The Morgan fingerprint density at radius 3 is 2.96 bits per heavy atom. The zero-order valence-corrected chi connectivity index (χ0v) is 16.8. The van der Waals surface area contributed by atoms with Crippen LogP contribution in [-0.2, 0) is 11.2 Å². The van der Waals surface area contributed by atoms with Gasteiger partial charge in [0.2, 0.25) is 5.91 Å². The van der Waals surface area contributed by atoms with Gasteiger partial charge in [0.1, 0.15) is 0 Å². The smallest absolute Gasteiger partial charge is 0.238 e. The SMILES string of the molecule is O=C(CN1CCc2sccc2C1c1cccs1)Nc1cccc2ncccc12. The van der Waals surface area contributed by atoms with Crippen molar-refractivity contribution in [1.29, 1.82) is 0 Å². The lowest BCUT2D eigenvalue weighted by molar-refractivity contribution is -0.117. The molecule has 4 heterocycles. The number of nitrogens with one attached hydrogen (secondary N) is 1. The van der Waals surface area contributed by atoms with E-state index in [1.54, 1.807) is 17.5 Å². The van der Waals surface area contributed by atoms with Crippen molar-refractivity contribution >= 4 is 45.2 Å². The minimum absolute atomic E-state index is 0.0107. The predicted molar refractivity (Wildman–Crippen MR) is 116 cm³/mol. The maximum atomic E-state index is 12.9. The van der Waals surface area contributed by atoms with Crippen LogP contribution in [0, 0.1) is 0 Å². The number of hydrogen-bond acceptors (Lipinski definition) is 5. The van der Waals surface area contributed by atoms with E-state index in [1.165, 1.54) is 15.3 Å². The molecule has 1 aliphatic heterocycles. The molecule has 1 atom stereocenters. The number of pyridine rings is 1. The Morgan fingerprint density at radius 1 is 1.11 bits per heavy atom. The van der Waals surface area contributed by atoms with Gasteiger partial charge in [-0.3, -0.25) is 14.7 Å². The topological polar surface area (TPSA) is 45.2 Å². The van der Waals surface area contributed by atoms with Gasteiger partial charge >= 0.3 is 0 Å². The maximum absolute atomic E-state index is 12.9. The van der Waals surface area contributed by atoms with Crippen LogP contribution >= 0.6 is 22.7 Å². The van der Waals surface area contributed by atoms with Crippen molar-refractivity contribution in [3.8, 4) is 0 Å². The lowest BCUT2D eigenvalue weighted by Crippen LogP contribution is -2.40. The van der Waals surface area contributed by atoms with Gasteiger partial charge in [-0.25, -0.2) is 0 Å². The average Bonchev–Trinajstić information content (AvgIpc) is 3.40. The molecule has 1 aliphatic rings. The molecule has 5 rings (SSSR count). The van der Waals surface area contributed by atoms with Crippen LogP contribution in [0.1, 0.15) is 21.4 Å². The van der Waals surface area contributed by atoms with Crippen LogP contribution in [0.5, 0.6) is 0 Å². The molecule has 3 aromatic heterocycles. The van der Waals surface area contributed by atoms with E-state index in [-0.39, 0.29) is 11.9 Å². The maximum Gasteiger partial charge on any atom is 0.238 e. The number of carbonyl (C=O) groups excluding carboxylic acids is 1. The van der Waals surface area contributed by atoms with Gasteiger partial charge in [-0.05, 0) is 59.1 Å². The van der Waals surface area contributed by atoms with E-state index in [0.717, 1.165) is 29.6 Å². The van der Waals surface area contributed by atoms with Crippen molar-refractivity contribution in [2.75, 3.05) is 18.4 Å². The zero-order chi connectivity index (χ0) is 18.9. The fourth-order valence-electron chi connectivity index (χ4n) is 3.91. The minimum Gasteiger partial charge on any atom is -0.324 e. The first-order valence-electron chi connectivity index (χ1n) is 9.27. The van der Waals surface area contributed by atoms with Crippen LogP contribution in [0.4, 0.5) is 5.69 Å². The Morgan fingerprint density at radius 2 is 2.07 bits per heavy atom. The Labute approximate surface area is 171 Å². The summed E-state index contributed by atoms with van der Waals surface area (Å²) < 4.78 is 0. The Bertz CT molecular complexity index is 1110. The normalized spacial score (nSPS) is 16.8. The van der Waals surface area contributed by atoms with Gasteiger partial charge in [0.05, 0.1) is 23.8 Å². The first kappa shape index (κ1) is 17.6. The highest BCUT2D eigenvalue weighted by atomic mass is 32.1. The summed E-state index contributed by atoms with van der Waals surface area (Å²) in [7, 11) is 0. The number of thiophene rings is 2. The number of carbonyl (C=O) groups is 1. The van der Waals surface area contributed by atoms with Gasteiger partial charge in [-0.2, -0.15) is 0 Å². The summed E-state index contributed by atoms with van der Waals surface area (Å²) in [6.07, 6.45) is 2.77. The van der Waals surface area contributed by atoms with Crippen molar-refractivity contribution in [3.05, 3.63) is 80.8 Å². The summed E-state index contributed by atoms with van der Waals surface area (Å²) >= 11 is 3.58. The van der Waals surface area contributed by atoms with Crippen LogP contribution in [0.3, 0.4) is 0 Å². The lowest BCUT2D eigenvalue weighted by Gasteiger charge is -2.34. The molecule has 0 fully saturated rings. The average molecular weight is 406 g/mol. The second-order valence-electron chi connectivity index (χ2n) is 6.86. The molecular formula is C22H19N3OS2. The molecule has 0 saturated carbocycles. The van der Waals surface area contributed by atoms with E-state index < -0.39 is 0 Å². The van der Waals surface area contributed by atoms with Crippen LogP contribution in [0.15, 0.2) is 65.5 Å². The monoisotopic (exact) mass is 405 g/mol. The highest BCUT2D eigenvalue weighted by Gasteiger charge is 2.31. The minimum atomic E-state index is 0.0107. The van der Waals surface area contributed by atoms with Crippen molar-refractivity contribution in [2.45, 2.75) is 12.5 Å². The summed E-state index contributed by atoms with van der Waals surface area (Å²) in [6.45, 7) is 1.26. The fraction of sp³-hybridized carbons (Fsp3) is 0.182. The van der Waals surface area contributed by atoms with Crippen LogP contribution in [0.2, 0.25) is 0 Å². The van der Waals surface area contributed by atoms with Crippen molar-refractivity contribution in [2.24, 2.45) is 0 Å². The first-order chi connectivity index (χ1) is 13.8. The van der Waals surface area contributed by atoms with Crippen molar-refractivity contribution < 1.29 is 4.79 Å². The third kappa shape index (κ3) is 3.24. The third-order valence-electron chi connectivity index (χ3n) is 5.14. The van der Waals surface area contributed by atoms with E-state index in [9.17, 15) is 4.79 Å². The van der Waals surface area contributed by atoms with Gasteiger partial charge in [0.15, 0.2) is 0 Å². The molecule has 140 valence electrons. The van der Waals surface area contributed by atoms with Gasteiger partial charge in [-0.15, -0.1) is 22.7 Å². The molecule has 0 radical (unpaired) electrons. The number of nitrogens with zero attached hydrogens (tertiary/aromatic N) is 2. The molecule has 0 spiro atoms. The molecule has 0 aliphatic carbocycles. The molecule has 1 unspecified atom stereocenters. The fourth-order valence-corrected chi connectivity index (χ4v) is 5.69. The molecule has 1 N–H and O–H groups in total. The number of benzene rings is 1.